The summed E-state index contributed by atoms with van der Waals surface area (Å²) in [4.78, 5) is 29.2. The van der Waals surface area contributed by atoms with Crippen LogP contribution in [0.5, 0.6) is 0 Å². The largest absolute Gasteiger partial charge is 0.352 e. The number of aryl methyl sites for hydroxylation is 1. The molecule has 1 atom stereocenters. The Labute approximate surface area is 223 Å². The molecule has 0 unspecified atom stereocenters. The van der Waals surface area contributed by atoms with Gasteiger partial charge in [-0.1, -0.05) is 102 Å². The van der Waals surface area contributed by atoms with E-state index in [0.29, 0.717) is 16.5 Å². The van der Waals surface area contributed by atoms with E-state index < -0.39 is 6.04 Å². The van der Waals surface area contributed by atoms with Gasteiger partial charge in [0, 0.05) is 29.1 Å². The smallest absolute Gasteiger partial charge is 0.243 e. The van der Waals surface area contributed by atoms with E-state index in [1.54, 1.807) is 17.0 Å². The first kappa shape index (κ1) is 26.2. The third-order valence-electron chi connectivity index (χ3n) is 6.80. The molecule has 2 amide bonds. The van der Waals surface area contributed by atoms with E-state index in [1.807, 2.05) is 67.6 Å². The number of nitrogens with one attached hydrogen (secondary N) is 1. The van der Waals surface area contributed by atoms with Gasteiger partial charge in [-0.25, -0.2) is 0 Å². The molecule has 1 saturated carbocycles. The molecule has 0 aliphatic heterocycles. The number of carbonyl (C=O) groups is 2. The van der Waals surface area contributed by atoms with Crippen LogP contribution in [0.3, 0.4) is 0 Å². The molecule has 1 fully saturated rings. The Kier molecular flexibility index (Phi) is 9.06. The average molecular weight is 524 g/mol. The minimum atomic E-state index is -0.669. The number of carbonyl (C=O) groups excluding carboxylic acids is 2. The lowest BCUT2D eigenvalue weighted by Crippen LogP contribution is -2.52. The van der Waals surface area contributed by atoms with Crippen molar-refractivity contribution in [1.29, 1.82) is 0 Å². The Bertz CT molecular complexity index is 1180. The van der Waals surface area contributed by atoms with Crippen molar-refractivity contribution >= 4 is 35.0 Å². The highest BCUT2D eigenvalue weighted by Gasteiger charge is 2.32. The molecular formula is C30H32Cl2N2O2. The first-order valence-corrected chi connectivity index (χ1v) is 13.3. The third-order valence-corrected chi connectivity index (χ3v) is 7.39. The first-order chi connectivity index (χ1) is 17.4. The second-order valence-electron chi connectivity index (χ2n) is 9.62. The first-order valence-electron chi connectivity index (χ1n) is 12.5. The number of benzene rings is 3. The van der Waals surface area contributed by atoms with Crippen LogP contribution in [0.4, 0.5) is 0 Å². The van der Waals surface area contributed by atoms with Crippen LogP contribution in [0.15, 0.2) is 72.8 Å². The maximum absolute atomic E-state index is 13.8. The molecule has 4 rings (SSSR count). The molecule has 6 heteroatoms. The zero-order valence-electron chi connectivity index (χ0n) is 20.6. The summed E-state index contributed by atoms with van der Waals surface area (Å²) >= 11 is 12.6. The van der Waals surface area contributed by atoms with E-state index in [9.17, 15) is 9.59 Å². The Balaban J connectivity index is 1.67. The molecule has 0 bridgehead atoms. The Hall–Kier alpha value is -2.82. The van der Waals surface area contributed by atoms with Gasteiger partial charge in [0.05, 0.1) is 6.42 Å². The highest BCUT2D eigenvalue weighted by atomic mass is 35.5. The molecule has 1 aliphatic carbocycles. The van der Waals surface area contributed by atoms with Crippen molar-refractivity contribution in [1.82, 2.24) is 10.2 Å². The fraction of sp³-hybridized carbons (Fsp3) is 0.333. The topological polar surface area (TPSA) is 49.4 Å². The summed E-state index contributed by atoms with van der Waals surface area (Å²) in [5.41, 5.74) is 3.80. The SMILES string of the molecule is Cc1ccc(CC(=O)N(Cc2ccc(Cl)cc2Cl)[C@H](Cc2ccccc2)C(=O)NC2CCCC2)cc1. The van der Waals surface area contributed by atoms with Gasteiger partial charge in [-0.05, 0) is 48.6 Å². The van der Waals surface area contributed by atoms with Crippen LogP contribution in [0, 0.1) is 6.92 Å². The lowest BCUT2D eigenvalue weighted by Gasteiger charge is -2.32. The van der Waals surface area contributed by atoms with Gasteiger partial charge in [0.25, 0.3) is 0 Å². The highest BCUT2D eigenvalue weighted by Crippen LogP contribution is 2.25. The summed E-state index contributed by atoms with van der Waals surface area (Å²) < 4.78 is 0. The van der Waals surface area contributed by atoms with Crippen LogP contribution >= 0.6 is 23.2 Å². The van der Waals surface area contributed by atoms with E-state index in [1.165, 1.54) is 0 Å². The van der Waals surface area contributed by atoms with Crippen LogP contribution in [0.25, 0.3) is 0 Å². The van der Waals surface area contributed by atoms with Gasteiger partial charge < -0.3 is 10.2 Å². The van der Waals surface area contributed by atoms with Crippen molar-refractivity contribution in [3.63, 3.8) is 0 Å². The second kappa shape index (κ2) is 12.4. The van der Waals surface area contributed by atoms with Gasteiger partial charge in [-0.3, -0.25) is 9.59 Å². The number of hydrogen-bond acceptors (Lipinski definition) is 2. The van der Waals surface area contributed by atoms with Crippen LogP contribution in [-0.4, -0.2) is 28.8 Å². The summed E-state index contributed by atoms with van der Waals surface area (Å²) in [5.74, 6) is -0.236. The molecular weight excluding hydrogens is 491 g/mol. The molecule has 0 saturated heterocycles. The Morgan fingerprint density at radius 3 is 2.31 bits per heavy atom. The zero-order chi connectivity index (χ0) is 25.5. The quantitative estimate of drug-likeness (QED) is 0.346. The number of hydrogen-bond donors (Lipinski definition) is 1. The van der Waals surface area contributed by atoms with E-state index in [0.717, 1.165) is 47.9 Å². The number of rotatable bonds is 9. The summed E-state index contributed by atoms with van der Waals surface area (Å²) in [6, 6.07) is 22.5. The minimum absolute atomic E-state index is 0.118. The van der Waals surface area contributed by atoms with Gasteiger partial charge in [0.1, 0.15) is 6.04 Å². The summed E-state index contributed by atoms with van der Waals surface area (Å²) in [7, 11) is 0. The molecule has 4 nitrogen and oxygen atoms in total. The molecule has 0 aromatic heterocycles. The van der Waals surface area contributed by atoms with Gasteiger partial charge >= 0.3 is 0 Å². The van der Waals surface area contributed by atoms with Crippen LogP contribution in [0.1, 0.15) is 47.9 Å². The lowest BCUT2D eigenvalue weighted by atomic mass is 10.0. The van der Waals surface area contributed by atoms with Gasteiger partial charge in [0.15, 0.2) is 0 Å². The summed E-state index contributed by atoms with van der Waals surface area (Å²) in [6.07, 6.45) is 4.81. The molecule has 0 spiro atoms. The van der Waals surface area contributed by atoms with E-state index >= 15 is 0 Å². The molecule has 3 aromatic carbocycles. The Morgan fingerprint density at radius 1 is 0.944 bits per heavy atom. The van der Waals surface area contributed by atoms with Crippen LogP contribution in [-0.2, 0) is 29.0 Å². The number of amides is 2. The van der Waals surface area contributed by atoms with E-state index in [4.69, 9.17) is 23.2 Å². The molecule has 36 heavy (non-hydrogen) atoms. The van der Waals surface area contributed by atoms with Crippen LogP contribution in [0.2, 0.25) is 10.0 Å². The molecule has 0 radical (unpaired) electrons. The summed E-state index contributed by atoms with van der Waals surface area (Å²) in [6.45, 7) is 2.24. The zero-order valence-corrected chi connectivity index (χ0v) is 22.1. The third kappa shape index (κ3) is 7.11. The molecule has 0 heterocycles. The second-order valence-corrected chi connectivity index (χ2v) is 10.5. The molecule has 1 aliphatic rings. The standard InChI is InChI=1S/C30H32Cl2N2O2/c1-21-11-13-23(14-12-21)18-29(35)34(20-24-15-16-25(31)19-27(24)32)28(17-22-7-3-2-4-8-22)30(36)33-26-9-5-6-10-26/h2-4,7-8,11-16,19,26,28H,5-6,9-10,17-18,20H2,1H3,(H,33,36)/t28-/m1/s1. The van der Waals surface area contributed by atoms with Crippen molar-refractivity contribution in [2.24, 2.45) is 0 Å². The minimum Gasteiger partial charge on any atom is -0.352 e. The molecule has 3 aromatic rings. The number of halogens is 2. The lowest BCUT2D eigenvalue weighted by molar-refractivity contribution is -0.141. The van der Waals surface area contributed by atoms with Gasteiger partial charge in [-0.2, -0.15) is 0 Å². The van der Waals surface area contributed by atoms with Crippen molar-refractivity contribution < 1.29 is 9.59 Å². The van der Waals surface area contributed by atoms with Crippen LogP contribution < -0.4 is 5.32 Å². The van der Waals surface area contributed by atoms with Crippen molar-refractivity contribution in [2.75, 3.05) is 0 Å². The van der Waals surface area contributed by atoms with Crippen molar-refractivity contribution in [3.05, 3.63) is 105 Å². The van der Waals surface area contributed by atoms with E-state index in [2.05, 4.69) is 5.32 Å². The predicted molar refractivity (Wildman–Crippen MR) is 146 cm³/mol. The summed E-state index contributed by atoms with van der Waals surface area (Å²) in [5, 5.41) is 4.23. The van der Waals surface area contributed by atoms with Crippen molar-refractivity contribution in [3.8, 4) is 0 Å². The maximum atomic E-state index is 13.8. The van der Waals surface area contributed by atoms with Gasteiger partial charge in [-0.15, -0.1) is 0 Å². The average Bonchev–Trinajstić information content (AvgIpc) is 3.37. The fourth-order valence-corrected chi connectivity index (χ4v) is 5.21. The van der Waals surface area contributed by atoms with Gasteiger partial charge in [0.2, 0.25) is 11.8 Å². The monoisotopic (exact) mass is 522 g/mol. The molecule has 1 N–H and O–H groups in total. The predicted octanol–water partition coefficient (Wildman–Crippen LogP) is 6.54. The maximum Gasteiger partial charge on any atom is 0.243 e. The molecule has 188 valence electrons. The normalized spacial score (nSPS) is 14.4. The van der Waals surface area contributed by atoms with E-state index in [-0.39, 0.29) is 30.8 Å². The van der Waals surface area contributed by atoms with Crippen molar-refractivity contribution in [2.45, 2.75) is 64.1 Å². The highest BCUT2D eigenvalue weighted by molar-refractivity contribution is 6.35. The number of nitrogens with zero attached hydrogens (tertiary/aromatic N) is 1. The Morgan fingerprint density at radius 2 is 1.64 bits per heavy atom. The fourth-order valence-electron chi connectivity index (χ4n) is 4.74.